The molecule has 1 N–H and O–H groups in total. The van der Waals surface area contributed by atoms with Crippen molar-refractivity contribution >= 4 is 11.8 Å². The van der Waals surface area contributed by atoms with E-state index < -0.39 is 6.04 Å². The molecule has 1 aliphatic heterocycles. The minimum absolute atomic E-state index is 0.0131. The molecule has 1 aromatic carbocycles. The summed E-state index contributed by atoms with van der Waals surface area (Å²) in [6.07, 6.45) is 4.78. The Kier molecular flexibility index (Phi) is 7.17. The second-order valence-electron chi connectivity index (χ2n) is 7.15. The average Bonchev–Trinajstić information content (AvgIpc) is 3.40. The molecule has 1 saturated heterocycles. The molecular weight excluding hydrogens is 356 g/mol. The molecule has 1 fully saturated rings. The van der Waals surface area contributed by atoms with Gasteiger partial charge in [-0.1, -0.05) is 42.4 Å². The summed E-state index contributed by atoms with van der Waals surface area (Å²) in [5.74, 6) is 1.13. The SMILES string of the molecule is CCc1noc(CCCC(=O)NC(Cc2ccccc2)C(=O)N2CCCC2)n1. The number of carbonyl (C=O) groups excluding carboxylic acids is 2. The Bertz CT molecular complexity index is 769. The number of carbonyl (C=O) groups is 2. The summed E-state index contributed by atoms with van der Waals surface area (Å²) < 4.78 is 5.15. The first-order valence-electron chi connectivity index (χ1n) is 10.1. The first kappa shape index (κ1) is 20.0. The number of hydrogen-bond donors (Lipinski definition) is 1. The first-order valence-corrected chi connectivity index (χ1v) is 10.1. The fourth-order valence-electron chi connectivity index (χ4n) is 3.41. The molecule has 150 valence electrons. The van der Waals surface area contributed by atoms with Crippen LogP contribution in [0.4, 0.5) is 0 Å². The number of amides is 2. The van der Waals surface area contributed by atoms with E-state index in [-0.39, 0.29) is 11.8 Å². The summed E-state index contributed by atoms with van der Waals surface area (Å²) in [7, 11) is 0. The van der Waals surface area contributed by atoms with Crippen LogP contribution in [-0.4, -0.2) is 46.0 Å². The number of likely N-dealkylation sites (tertiary alicyclic amines) is 1. The van der Waals surface area contributed by atoms with Crippen LogP contribution in [-0.2, 0) is 28.9 Å². The zero-order chi connectivity index (χ0) is 19.8. The molecule has 0 radical (unpaired) electrons. The summed E-state index contributed by atoms with van der Waals surface area (Å²) in [6.45, 7) is 3.51. The number of benzene rings is 1. The van der Waals surface area contributed by atoms with Gasteiger partial charge in [-0.25, -0.2) is 0 Å². The maximum Gasteiger partial charge on any atom is 0.245 e. The van der Waals surface area contributed by atoms with Crippen LogP contribution in [0.5, 0.6) is 0 Å². The van der Waals surface area contributed by atoms with Crippen molar-refractivity contribution in [1.82, 2.24) is 20.4 Å². The van der Waals surface area contributed by atoms with E-state index in [4.69, 9.17) is 4.52 Å². The van der Waals surface area contributed by atoms with E-state index in [2.05, 4.69) is 15.5 Å². The Morgan fingerprint density at radius 3 is 2.64 bits per heavy atom. The van der Waals surface area contributed by atoms with Crippen LogP contribution >= 0.6 is 0 Å². The zero-order valence-corrected chi connectivity index (χ0v) is 16.4. The molecule has 1 aromatic heterocycles. The zero-order valence-electron chi connectivity index (χ0n) is 16.4. The van der Waals surface area contributed by atoms with Crippen LogP contribution in [0.1, 0.15) is 49.9 Å². The van der Waals surface area contributed by atoms with Crippen LogP contribution in [0.15, 0.2) is 34.9 Å². The standard InChI is InChI=1S/C21H28N4O3/c1-2-18-23-20(28-24-18)12-8-11-19(26)22-17(15-16-9-4-3-5-10-16)21(27)25-13-6-7-14-25/h3-5,9-10,17H,2,6-8,11-15H2,1H3,(H,22,26). The van der Waals surface area contributed by atoms with Gasteiger partial charge in [0, 0.05) is 38.8 Å². The molecule has 28 heavy (non-hydrogen) atoms. The normalized spacial score (nSPS) is 14.8. The number of hydrogen-bond acceptors (Lipinski definition) is 5. The van der Waals surface area contributed by atoms with Gasteiger partial charge in [0.25, 0.3) is 0 Å². The Morgan fingerprint density at radius 2 is 1.96 bits per heavy atom. The van der Waals surface area contributed by atoms with E-state index >= 15 is 0 Å². The lowest BCUT2D eigenvalue weighted by molar-refractivity contribution is -0.135. The van der Waals surface area contributed by atoms with Gasteiger partial charge in [0.15, 0.2) is 5.82 Å². The number of nitrogens with zero attached hydrogens (tertiary/aromatic N) is 3. The molecule has 3 rings (SSSR count). The third-order valence-electron chi connectivity index (χ3n) is 4.95. The van der Waals surface area contributed by atoms with Gasteiger partial charge in [0.2, 0.25) is 17.7 Å². The lowest BCUT2D eigenvalue weighted by Gasteiger charge is -2.24. The minimum Gasteiger partial charge on any atom is -0.344 e. The quantitative estimate of drug-likeness (QED) is 0.717. The summed E-state index contributed by atoms with van der Waals surface area (Å²) >= 11 is 0. The molecule has 1 aliphatic rings. The number of aryl methyl sites for hydroxylation is 2. The van der Waals surface area contributed by atoms with Crippen LogP contribution in [0.3, 0.4) is 0 Å². The molecule has 2 amide bonds. The molecule has 0 saturated carbocycles. The van der Waals surface area contributed by atoms with Gasteiger partial charge in [-0.2, -0.15) is 4.98 Å². The molecule has 7 nitrogen and oxygen atoms in total. The molecule has 1 unspecified atom stereocenters. The van der Waals surface area contributed by atoms with Crippen molar-refractivity contribution in [3.05, 3.63) is 47.6 Å². The third-order valence-corrected chi connectivity index (χ3v) is 4.95. The fraction of sp³-hybridized carbons (Fsp3) is 0.524. The van der Waals surface area contributed by atoms with Crippen molar-refractivity contribution in [3.8, 4) is 0 Å². The van der Waals surface area contributed by atoms with E-state index in [9.17, 15) is 9.59 Å². The van der Waals surface area contributed by atoms with Crippen LogP contribution in [0.25, 0.3) is 0 Å². The summed E-state index contributed by atoms with van der Waals surface area (Å²) in [5.41, 5.74) is 1.04. The minimum atomic E-state index is -0.525. The van der Waals surface area contributed by atoms with E-state index in [0.717, 1.165) is 37.9 Å². The molecule has 0 aliphatic carbocycles. The van der Waals surface area contributed by atoms with Crippen LogP contribution < -0.4 is 5.32 Å². The van der Waals surface area contributed by atoms with Crippen molar-refractivity contribution in [2.45, 2.75) is 57.9 Å². The van der Waals surface area contributed by atoms with Gasteiger partial charge in [0.1, 0.15) is 6.04 Å². The van der Waals surface area contributed by atoms with E-state index in [1.165, 1.54) is 0 Å². The number of nitrogens with one attached hydrogen (secondary N) is 1. The summed E-state index contributed by atoms with van der Waals surface area (Å²) in [4.78, 5) is 31.5. The van der Waals surface area contributed by atoms with Crippen LogP contribution in [0, 0.1) is 0 Å². The second-order valence-corrected chi connectivity index (χ2v) is 7.15. The van der Waals surface area contributed by atoms with Crippen molar-refractivity contribution in [2.24, 2.45) is 0 Å². The predicted octanol–water partition coefficient (Wildman–Crippen LogP) is 2.30. The van der Waals surface area contributed by atoms with E-state index in [1.807, 2.05) is 42.2 Å². The molecular formula is C21H28N4O3. The summed E-state index contributed by atoms with van der Waals surface area (Å²) in [5, 5.41) is 6.81. The first-order chi connectivity index (χ1) is 13.7. The fourth-order valence-corrected chi connectivity index (χ4v) is 3.41. The highest BCUT2D eigenvalue weighted by Gasteiger charge is 2.27. The van der Waals surface area contributed by atoms with Gasteiger partial charge in [-0.15, -0.1) is 0 Å². The highest BCUT2D eigenvalue weighted by atomic mass is 16.5. The topological polar surface area (TPSA) is 88.3 Å². The lowest BCUT2D eigenvalue weighted by atomic mass is 10.0. The molecule has 0 spiro atoms. The highest BCUT2D eigenvalue weighted by molar-refractivity contribution is 5.88. The number of rotatable bonds is 9. The third kappa shape index (κ3) is 5.65. The van der Waals surface area contributed by atoms with Crippen molar-refractivity contribution < 1.29 is 14.1 Å². The van der Waals surface area contributed by atoms with Gasteiger partial charge < -0.3 is 14.7 Å². The monoisotopic (exact) mass is 384 g/mol. The summed E-state index contributed by atoms with van der Waals surface area (Å²) in [6, 6.07) is 9.28. The van der Waals surface area contributed by atoms with E-state index in [0.29, 0.717) is 37.4 Å². The van der Waals surface area contributed by atoms with Crippen molar-refractivity contribution in [3.63, 3.8) is 0 Å². The Balaban J connectivity index is 1.54. The largest absolute Gasteiger partial charge is 0.344 e. The number of aromatic nitrogens is 2. The van der Waals surface area contributed by atoms with Gasteiger partial charge in [-0.05, 0) is 24.8 Å². The smallest absolute Gasteiger partial charge is 0.245 e. The molecule has 7 heteroatoms. The predicted molar refractivity (Wildman–Crippen MR) is 105 cm³/mol. The lowest BCUT2D eigenvalue weighted by Crippen LogP contribution is -2.49. The second kappa shape index (κ2) is 10.0. The maximum atomic E-state index is 12.9. The van der Waals surface area contributed by atoms with E-state index in [1.54, 1.807) is 0 Å². The molecule has 1 atom stereocenters. The Labute approximate surface area is 165 Å². The molecule has 2 aromatic rings. The van der Waals surface area contributed by atoms with Gasteiger partial charge >= 0.3 is 0 Å². The van der Waals surface area contributed by atoms with Crippen molar-refractivity contribution in [1.29, 1.82) is 0 Å². The Hall–Kier alpha value is -2.70. The molecule has 2 heterocycles. The van der Waals surface area contributed by atoms with Gasteiger partial charge in [0.05, 0.1) is 0 Å². The highest BCUT2D eigenvalue weighted by Crippen LogP contribution is 2.13. The van der Waals surface area contributed by atoms with Crippen LogP contribution in [0.2, 0.25) is 0 Å². The maximum absolute atomic E-state index is 12.9. The van der Waals surface area contributed by atoms with Gasteiger partial charge in [-0.3, -0.25) is 9.59 Å². The Morgan fingerprint density at radius 1 is 1.21 bits per heavy atom. The van der Waals surface area contributed by atoms with Crippen molar-refractivity contribution in [2.75, 3.05) is 13.1 Å². The molecule has 0 bridgehead atoms. The average molecular weight is 384 g/mol.